The maximum Gasteiger partial charge on any atom is 0.341 e. The van der Waals surface area contributed by atoms with Crippen LogP contribution < -0.4 is 14.8 Å². The monoisotopic (exact) mass is 471 g/mol. The van der Waals surface area contributed by atoms with Crippen LogP contribution in [0.15, 0.2) is 42.5 Å². The number of carbonyl (C=O) groups is 2. The van der Waals surface area contributed by atoms with Crippen molar-refractivity contribution >= 4 is 39.4 Å². The van der Waals surface area contributed by atoms with Crippen LogP contribution in [-0.2, 0) is 19.8 Å². The van der Waals surface area contributed by atoms with Crippen LogP contribution in [0.3, 0.4) is 0 Å². The molecule has 31 heavy (non-hydrogen) atoms. The average Bonchev–Trinajstić information content (AvgIpc) is 2.71. The van der Waals surface area contributed by atoms with Crippen LogP contribution in [0.2, 0.25) is 5.02 Å². The third-order valence-corrected chi connectivity index (χ3v) is 6.59. The summed E-state index contributed by atoms with van der Waals surface area (Å²) in [5, 5.41) is 11.0. The minimum atomic E-state index is -3.96. The highest BCUT2D eigenvalue weighted by Crippen LogP contribution is 2.30. The fourth-order valence-electron chi connectivity index (χ4n) is 3.07. The minimum Gasteiger partial charge on any atom is -0.482 e. The topological polar surface area (TPSA) is 125 Å². The zero-order valence-corrected chi connectivity index (χ0v) is 17.8. The molecule has 12 heteroatoms. The van der Waals surface area contributed by atoms with Crippen LogP contribution in [0.1, 0.15) is 18.0 Å². The molecule has 1 amide bonds. The number of aliphatic carboxylic acids is 1. The molecular formula is C19H19ClFN3O6S. The van der Waals surface area contributed by atoms with E-state index in [-0.39, 0.29) is 17.1 Å². The van der Waals surface area contributed by atoms with Gasteiger partial charge in [0.15, 0.2) is 6.61 Å². The van der Waals surface area contributed by atoms with Gasteiger partial charge < -0.3 is 15.2 Å². The number of likely N-dealkylation sites (N-methyl/N-ethyl adjacent to an activating group) is 1. The number of ether oxygens (including phenoxy) is 1. The predicted molar refractivity (Wildman–Crippen MR) is 111 cm³/mol. The van der Waals surface area contributed by atoms with Crippen molar-refractivity contribution in [3.05, 3.63) is 58.9 Å². The van der Waals surface area contributed by atoms with Crippen molar-refractivity contribution in [2.24, 2.45) is 0 Å². The summed E-state index contributed by atoms with van der Waals surface area (Å²) >= 11 is 5.73. The molecule has 0 aromatic heterocycles. The number of nitrogens with one attached hydrogen (secondary N) is 2. The highest BCUT2D eigenvalue weighted by Gasteiger charge is 2.40. The Bertz CT molecular complexity index is 1100. The number of carboxylic acids is 1. The zero-order chi connectivity index (χ0) is 22.8. The Morgan fingerprint density at radius 3 is 2.58 bits per heavy atom. The van der Waals surface area contributed by atoms with E-state index in [1.165, 1.54) is 31.3 Å². The van der Waals surface area contributed by atoms with E-state index in [4.69, 9.17) is 21.4 Å². The van der Waals surface area contributed by atoms with Gasteiger partial charge in [-0.3, -0.25) is 4.79 Å². The molecule has 1 saturated heterocycles. The molecule has 0 bridgehead atoms. The maximum absolute atomic E-state index is 13.3. The summed E-state index contributed by atoms with van der Waals surface area (Å²) < 4.78 is 46.9. The van der Waals surface area contributed by atoms with Crippen molar-refractivity contribution in [2.45, 2.75) is 18.5 Å². The fraction of sp³-hybridized carbons (Fsp3) is 0.263. The molecule has 0 radical (unpaired) electrons. The molecule has 2 atom stereocenters. The van der Waals surface area contributed by atoms with Crippen molar-refractivity contribution in [3.63, 3.8) is 0 Å². The summed E-state index contributed by atoms with van der Waals surface area (Å²) in [5.41, 5.74) is 0.805. The number of hydrogen-bond acceptors (Lipinski definition) is 5. The Labute approximate surface area is 182 Å². The quantitative estimate of drug-likeness (QED) is 0.593. The van der Waals surface area contributed by atoms with E-state index in [2.05, 4.69) is 10.0 Å². The van der Waals surface area contributed by atoms with Gasteiger partial charge in [0.1, 0.15) is 17.6 Å². The van der Waals surface area contributed by atoms with E-state index in [9.17, 15) is 22.4 Å². The first-order valence-electron chi connectivity index (χ1n) is 9.02. The summed E-state index contributed by atoms with van der Waals surface area (Å²) in [6, 6.07) is 8.11. The highest BCUT2D eigenvalue weighted by molar-refractivity contribution is 7.87. The number of anilines is 1. The highest BCUT2D eigenvalue weighted by atomic mass is 35.5. The molecule has 1 aliphatic rings. The molecular weight excluding hydrogens is 453 g/mol. The van der Waals surface area contributed by atoms with Gasteiger partial charge in [0, 0.05) is 18.8 Å². The Hall–Kier alpha value is -2.73. The minimum absolute atomic E-state index is 0.117. The second-order valence-electron chi connectivity index (χ2n) is 6.81. The summed E-state index contributed by atoms with van der Waals surface area (Å²) in [6.45, 7) is -0.504. The van der Waals surface area contributed by atoms with Crippen LogP contribution >= 0.6 is 11.6 Å². The zero-order valence-electron chi connectivity index (χ0n) is 16.2. The first-order chi connectivity index (χ1) is 14.6. The Morgan fingerprint density at radius 1 is 1.29 bits per heavy atom. The molecule has 0 aliphatic carbocycles. The van der Waals surface area contributed by atoms with Crippen LogP contribution in [0, 0.1) is 5.82 Å². The Kier molecular flexibility index (Phi) is 6.80. The maximum atomic E-state index is 13.3. The molecule has 2 unspecified atom stereocenters. The molecule has 1 aliphatic heterocycles. The third-order valence-electron chi connectivity index (χ3n) is 4.70. The molecule has 3 N–H and O–H groups in total. The van der Waals surface area contributed by atoms with Crippen LogP contribution in [0.25, 0.3) is 0 Å². The Morgan fingerprint density at radius 2 is 1.97 bits per heavy atom. The Balaban J connectivity index is 1.77. The second kappa shape index (κ2) is 9.18. The summed E-state index contributed by atoms with van der Waals surface area (Å²) in [4.78, 5) is 23.4. The summed E-state index contributed by atoms with van der Waals surface area (Å²) in [5.74, 6) is -2.05. The normalized spacial score (nSPS) is 20.7. The van der Waals surface area contributed by atoms with Crippen molar-refractivity contribution < 1.29 is 32.2 Å². The standard InChI is InChI=1S/C19H19ClFN3O6S/c1-24-17(19(27)22-12-4-7-15(21)14(20)8-12)9-16(23-31(24,28)29)11-2-5-13(6-3-11)30-10-18(25)26/h2-8,16-17,23H,9-10H2,1H3,(H,22,27)(H,25,26). The number of amides is 1. The number of carbonyl (C=O) groups excluding carboxylic acids is 1. The first kappa shape index (κ1) is 22.9. The van der Waals surface area contributed by atoms with E-state index in [1.807, 2.05) is 0 Å². The van der Waals surface area contributed by atoms with Gasteiger partial charge in [-0.1, -0.05) is 23.7 Å². The van der Waals surface area contributed by atoms with Gasteiger partial charge in [-0.2, -0.15) is 17.4 Å². The number of carboxylic acid groups (broad SMARTS) is 1. The van der Waals surface area contributed by atoms with Gasteiger partial charge in [0.05, 0.1) is 5.02 Å². The van der Waals surface area contributed by atoms with Gasteiger partial charge in [-0.25, -0.2) is 9.18 Å². The van der Waals surface area contributed by atoms with Crippen molar-refractivity contribution in [1.82, 2.24) is 9.03 Å². The molecule has 1 fully saturated rings. The SMILES string of the molecule is CN1C(C(=O)Nc2ccc(F)c(Cl)c2)CC(c2ccc(OCC(=O)O)cc2)NS1(=O)=O. The molecule has 1 heterocycles. The molecule has 9 nitrogen and oxygen atoms in total. The summed E-state index contributed by atoms with van der Waals surface area (Å²) in [7, 11) is -2.68. The van der Waals surface area contributed by atoms with Gasteiger partial charge >= 0.3 is 5.97 Å². The lowest BCUT2D eigenvalue weighted by Crippen LogP contribution is -2.55. The van der Waals surface area contributed by atoms with E-state index in [0.717, 1.165) is 10.4 Å². The van der Waals surface area contributed by atoms with Crippen LogP contribution in [0.5, 0.6) is 5.75 Å². The lowest BCUT2D eigenvalue weighted by molar-refractivity contribution is -0.139. The number of rotatable bonds is 6. The van der Waals surface area contributed by atoms with E-state index in [0.29, 0.717) is 11.3 Å². The van der Waals surface area contributed by atoms with Crippen LogP contribution in [0.4, 0.5) is 10.1 Å². The summed E-state index contributed by atoms with van der Waals surface area (Å²) in [6.07, 6.45) is 0.117. The first-order valence-corrected chi connectivity index (χ1v) is 10.8. The smallest absolute Gasteiger partial charge is 0.341 e. The van der Waals surface area contributed by atoms with E-state index < -0.39 is 46.6 Å². The van der Waals surface area contributed by atoms with Gasteiger partial charge in [0.2, 0.25) is 5.91 Å². The molecule has 2 aromatic rings. The van der Waals surface area contributed by atoms with E-state index in [1.54, 1.807) is 12.1 Å². The molecule has 166 valence electrons. The molecule has 2 aromatic carbocycles. The van der Waals surface area contributed by atoms with Crippen molar-refractivity contribution in [3.8, 4) is 5.75 Å². The number of nitrogens with zero attached hydrogens (tertiary/aromatic N) is 1. The molecule has 0 saturated carbocycles. The van der Waals surface area contributed by atoms with Crippen LogP contribution in [-0.4, -0.2) is 49.4 Å². The predicted octanol–water partition coefficient (Wildman–Crippen LogP) is 2.16. The number of halogens is 2. The average molecular weight is 472 g/mol. The van der Waals surface area contributed by atoms with Gasteiger partial charge in [0.25, 0.3) is 10.2 Å². The van der Waals surface area contributed by atoms with E-state index >= 15 is 0 Å². The largest absolute Gasteiger partial charge is 0.482 e. The lowest BCUT2D eigenvalue weighted by Gasteiger charge is -2.36. The van der Waals surface area contributed by atoms with Gasteiger partial charge in [-0.05, 0) is 42.3 Å². The fourth-order valence-corrected chi connectivity index (χ4v) is 4.52. The third kappa shape index (κ3) is 5.50. The lowest BCUT2D eigenvalue weighted by atomic mass is 9.99. The number of benzene rings is 2. The second-order valence-corrected chi connectivity index (χ2v) is 8.98. The van der Waals surface area contributed by atoms with Crippen molar-refractivity contribution in [1.29, 1.82) is 0 Å². The number of hydrogen-bond donors (Lipinski definition) is 3. The van der Waals surface area contributed by atoms with Crippen molar-refractivity contribution in [2.75, 3.05) is 19.0 Å². The molecule has 3 rings (SSSR count). The van der Waals surface area contributed by atoms with Gasteiger partial charge in [-0.15, -0.1) is 0 Å². The molecule has 0 spiro atoms.